The van der Waals surface area contributed by atoms with Crippen molar-refractivity contribution >= 4 is 29.5 Å². The molecule has 1 aromatic carbocycles. The highest BCUT2D eigenvalue weighted by molar-refractivity contribution is 5.94. The lowest BCUT2D eigenvalue weighted by Gasteiger charge is -2.27. The Bertz CT molecular complexity index is 1700. The summed E-state index contributed by atoms with van der Waals surface area (Å²) in [7, 11) is 0. The van der Waals surface area contributed by atoms with Gasteiger partial charge in [-0.2, -0.15) is 18.3 Å². The van der Waals surface area contributed by atoms with Crippen molar-refractivity contribution in [1.29, 1.82) is 0 Å². The van der Waals surface area contributed by atoms with Gasteiger partial charge >= 0.3 is 6.18 Å². The highest BCUT2D eigenvalue weighted by atomic mass is 19.4. The Hall–Kier alpha value is -5.35. The smallest absolute Gasteiger partial charge is 0.353 e. The molecule has 3 atom stereocenters. The molecule has 4 rings (SSSR count). The molecule has 0 fully saturated rings. The summed E-state index contributed by atoms with van der Waals surface area (Å²) in [5.41, 5.74) is -0.471. The number of carbonyl (C=O) groups excluding carboxylic acids is 5. The molecule has 1 aliphatic heterocycles. The average Bonchev–Trinajstić information content (AvgIpc) is 3.43. The molecule has 4 N–H and O–H groups in total. The van der Waals surface area contributed by atoms with Crippen LogP contribution in [0.5, 0.6) is 0 Å². The normalized spacial score (nSPS) is 20.5. The summed E-state index contributed by atoms with van der Waals surface area (Å²) in [5.74, 6) is -2.26. The van der Waals surface area contributed by atoms with E-state index >= 15 is 0 Å². The van der Waals surface area contributed by atoms with Crippen molar-refractivity contribution < 1.29 is 37.1 Å². The maximum absolute atomic E-state index is 13.8. The van der Waals surface area contributed by atoms with Gasteiger partial charge in [0.1, 0.15) is 30.1 Å². The number of halogens is 3. The third kappa shape index (κ3) is 10.8. The summed E-state index contributed by atoms with van der Waals surface area (Å²) in [5, 5.41) is 15.4. The van der Waals surface area contributed by atoms with Crippen LogP contribution in [0.3, 0.4) is 0 Å². The fraction of sp³-hybridized carbons (Fsp3) is 0.471. The molecule has 5 amide bonds. The lowest BCUT2D eigenvalue weighted by molar-refractivity contribution is -0.141. The number of hydrogen-bond acceptors (Lipinski definition) is 8. The van der Waals surface area contributed by atoms with E-state index < -0.39 is 59.5 Å². The van der Waals surface area contributed by atoms with Crippen molar-refractivity contribution in [2.75, 3.05) is 19.6 Å². The molecule has 14 nitrogen and oxygen atoms in total. The zero-order valence-corrected chi connectivity index (χ0v) is 28.8. The van der Waals surface area contributed by atoms with Crippen LogP contribution < -0.4 is 21.3 Å². The van der Waals surface area contributed by atoms with Crippen LogP contribution in [-0.4, -0.2) is 85.9 Å². The van der Waals surface area contributed by atoms with Crippen LogP contribution in [0.1, 0.15) is 72.9 Å². The van der Waals surface area contributed by atoms with E-state index in [1.807, 2.05) is 44.2 Å². The van der Waals surface area contributed by atoms with E-state index in [0.29, 0.717) is 17.7 Å². The van der Waals surface area contributed by atoms with Crippen molar-refractivity contribution in [2.45, 2.75) is 77.8 Å². The van der Waals surface area contributed by atoms with Gasteiger partial charge in [0.25, 0.3) is 5.91 Å². The van der Waals surface area contributed by atoms with Gasteiger partial charge in [-0.05, 0) is 43.9 Å². The van der Waals surface area contributed by atoms with Gasteiger partial charge in [0, 0.05) is 38.7 Å². The van der Waals surface area contributed by atoms with Crippen LogP contribution in [0.2, 0.25) is 0 Å². The summed E-state index contributed by atoms with van der Waals surface area (Å²) in [4.78, 5) is 75.6. The fourth-order valence-corrected chi connectivity index (χ4v) is 5.47. The summed E-state index contributed by atoms with van der Waals surface area (Å²) in [6.07, 6.45) is -3.67. The molecule has 0 unspecified atom stereocenters. The van der Waals surface area contributed by atoms with Crippen molar-refractivity contribution in [3.8, 4) is 0 Å². The first kappa shape index (κ1) is 38.5. The molecule has 1 aliphatic rings. The number of carbonyl (C=O) groups is 5. The number of amides is 5. The molecule has 3 heterocycles. The van der Waals surface area contributed by atoms with E-state index in [2.05, 4.69) is 36.3 Å². The first-order valence-electron chi connectivity index (χ1n) is 16.6. The van der Waals surface area contributed by atoms with Crippen molar-refractivity contribution in [2.24, 2.45) is 5.92 Å². The number of aryl methyl sites for hydroxylation is 1. The lowest BCUT2D eigenvalue weighted by Crippen LogP contribution is -2.54. The Balaban J connectivity index is 1.61. The molecular weight excluding hydrogens is 671 g/mol. The van der Waals surface area contributed by atoms with E-state index in [1.165, 1.54) is 16.5 Å². The number of fused-ring (bicyclic) bond motifs is 1. The number of nitrogens with one attached hydrogen (secondary N) is 4. The SMILES string of the molecule is Cc1nc2n(n1)CC(=O)NCCN(C(=O)c1ccc(C(F)(F)F)nc1)CCCC(=O)N[C@@H](C)C(=O)N[C@H](Cc1ccccc1)C(=O)N[C@H]2C(C)C. The third-order valence-electron chi connectivity index (χ3n) is 8.15. The van der Waals surface area contributed by atoms with Crippen molar-refractivity contribution in [1.82, 2.24) is 45.9 Å². The fourth-order valence-electron chi connectivity index (χ4n) is 5.47. The topological polar surface area (TPSA) is 180 Å². The molecule has 17 heteroatoms. The minimum atomic E-state index is -4.68. The number of aromatic nitrogens is 4. The van der Waals surface area contributed by atoms with Gasteiger partial charge in [0.2, 0.25) is 23.6 Å². The second-order valence-electron chi connectivity index (χ2n) is 12.6. The summed E-state index contributed by atoms with van der Waals surface area (Å²) >= 11 is 0. The molecule has 0 saturated heterocycles. The molecule has 0 spiro atoms. The Kier molecular flexibility index (Phi) is 12.9. The van der Waals surface area contributed by atoms with Gasteiger partial charge in [0.05, 0.1) is 11.6 Å². The second kappa shape index (κ2) is 17.0. The Morgan fingerprint density at radius 3 is 2.33 bits per heavy atom. The maximum atomic E-state index is 13.8. The predicted molar refractivity (Wildman–Crippen MR) is 178 cm³/mol. The number of nitrogens with zero attached hydrogens (tertiary/aromatic N) is 5. The third-order valence-corrected chi connectivity index (χ3v) is 8.15. The van der Waals surface area contributed by atoms with Gasteiger partial charge in [-0.25, -0.2) is 9.67 Å². The van der Waals surface area contributed by atoms with Crippen LogP contribution in [0, 0.1) is 12.8 Å². The maximum Gasteiger partial charge on any atom is 0.433 e. The highest BCUT2D eigenvalue weighted by Gasteiger charge is 2.33. The van der Waals surface area contributed by atoms with Gasteiger partial charge in [-0.1, -0.05) is 44.2 Å². The Labute approximate surface area is 293 Å². The minimum absolute atomic E-state index is 0.00549. The van der Waals surface area contributed by atoms with E-state index in [4.69, 9.17) is 0 Å². The first-order valence-corrected chi connectivity index (χ1v) is 16.6. The average molecular weight is 714 g/mol. The van der Waals surface area contributed by atoms with Crippen molar-refractivity contribution in [3.05, 3.63) is 77.1 Å². The molecule has 274 valence electrons. The minimum Gasteiger partial charge on any atom is -0.353 e. The molecule has 0 radical (unpaired) electrons. The van der Waals surface area contributed by atoms with E-state index in [0.717, 1.165) is 17.8 Å². The molecule has 0 saturated carbocycles. The zero-order chi connectivity index (χ0) is 37.3. The van der Waals surface area contributed by atoms with Gasteiger partial charge in [-0.15, -0.1) is 0 Å². The van der Waals surface area contributed by atoms with Crippen LogP contribution >= 0.6 is 0 Å². The summed E-state index contributed by atoms with van der Waals surface area (Å²) in [6, 6.07) is 8.05. The molecule has 0 bridgehead atoms. The highest BCUT2D eigenvalue weighted by Crippen LogP contribution is 2.27. The summed E-state index contributed by atoms with van der Waals surface area (Å²) in [6.45, 7) is 6.51. The Morgan fingerprint density at radius 1 is 0.961 bits per heavy atom. The zero-order valence-electron chi connectivity index (χ0n) is 28.8. The number of hydrogen-bond donors (Lipinski definition) is 4. The predicted octanol–water partition coefficient (Wildman–Crippen LogP) is 2.10. The molecule has 0 aliphatic carbocycles. The Morgan fingerprint density at radius 2 is 1.69 bits per heavy atom. The first-order chi connectivity index (χ1) is 24.1. The number of benzene rings is 1. The van der Waals surface area contributed by atoms with Gasteiger partial charge in [-0.3, -0.25) is 29.0 Å². The van der Waals surface area contributed by atoms with Crippen LogP contribution in [-0.2, 0) is 38.3 Å². The molecule has 2 aromatic heterocycles. The lowest BCUT2D eigenvalue weighted by atomic mass is 10.0. The standard InChI is InChI=1S/C34H42F3N9O5/c1-20(2)29-30-41-22(4)44-46(30)19-28(48)38-14-16-45(33(51)24-12-13-26(39-18-24)34(35,36)37)15-8-11-27(47)40-21(3)31(49)42-25(32(50)43-29)17-23-9-6-5-7-10-23/h5-7,9-10,12-13,18,20-21,25,29H,8,11,14-17,19H2,1-4H3,(H,38,48)(H,40,47)(H,42,49)(H,43,50)/t21-,25+,29-/m0/s1. The van der Waals surface area contributed by atoms with E-state index in [9.17, 15) is 37.1 Å². The summed E-state index contributed by atoms with van der Waals surface area (Å²) < 4.78 is 40.5. The number of alkyl halides is 3. The van der Waals surface area contributed by atoms with Crippen LogP contribution in [0.4, 0.5) is 13.2 Å². The van der Waals surface area contributed by atoms with Crippen molar-refractivity contribution in [3.63, 3.8) is 0 Å². The largest absolute Gasteiger partial charge is 0.433 e. The van der Waals surface area contributed by atoms with Crippen LogP contribution in [0.15, 0.2) is 48.7 Å². The number of pyridine rings is 1. The van der Waals surface area contributed by atoms with E-state index in [-0.39, 0.29) is 56.9 Å². The molecule has 3 aromatic rings. The van der Waals surface area contributed by atoms with Gasteiger partial charge in [0.15, 0.2) is 5.82 Å². The molecule has 51 heavy (non-hydrogen) atoms. The van der Waals surface area contributed by atoms with Gasteiger partial charge < -0.3 is 26.2 Å². The quantitative estimate of drug-likeness (QED) is 0.317. The second-order valence-corrected chi connectivity index (χ2v) is 12.6. The van der Waals surface area contributed by atoms with E-state index in [1.54, 1.807) is 6.92 Å². The molecular formula is C34H42F3N9O5. The van der Waals surface area contributed by atoms with Crippen LogP contribution in [0.25, 0.3) is 0 Å². The monoisotopic (exact) mass is 713 g/mol. The number of rotatable bonds is 4.